The van der Waals surface area contributed by atoms with Gasteiger partial charge in [0.15, 0.2) is 5.82 Å². The molecule has 1 aliphatic rings. The summed E-state index contributed by atoms with van der Waals surface area (Å²) in [6.07, 6.45) is 1.72. The van der Waals surface area contributed by atoms with Crippen molar-refractivity contribution in [2.24, 2.45) is 0 Å². The molecule has 0 saturated carbocycles. The third-order valence-corrected chi connectivity index (χ3v) is 2.91. The van der Waals surface area contributed by atoms with Crippen LogP contribution in [0.1, 0.15) is 12.7 Å². The Balaban J connectivity index is 1.64. The van der Waals surface area contributed by atoms with Crippen LogP contribution in [0.3, 0.4) is 0 Å². The molecule has 0 aromatic carbocycles. The number of hydrogen-bond donors (Lipinski definition) is 2. The van der Waals surface area contributed by atoms with Crippen LogP contribution >= 0.6 is 0 Å². The predicted molar refractivity (Wildman–Crippen MR) is 65.0 cm³/mol. The molecule has 0 radical (unpaired) electrons. The molecule has 1 saturated heterocycles. The monoisotopic (exact) mass is 284 g/mol. The van der Waals surface area contributed by atoms with E-state index in [2.05, 4.69) is 20.0 Å². The third-order valence-electron chi connectivity index (χ3n) is 2.91. The molecule has 9 heteroatoms. The highest BCUT2D eigenvalue weighted by Gasteiger charge is 2.42. The number of hydrogen-bond acceptors (Lipinski definition) is 6. The Kier molecular flexibility index (Phi) is 4.18. The molecule has 1 aromatic rings. The molecule has 0 unspecified atom stereocenters. The normalized spacial score (nSPS) is 16.6. The fourth-order valence-electron chi connectivity index (χ4n) is 1.93. The van der Waals surface area contributed by atoms with Gasteiger partial charge in [0.25, 0.3) is 0 Å². The minimum absolute atomic E-state index is 0.218. The number of carbonyl (C=O) groups excluding carboxylic acids is 1. The van der Waals surface area contributed by atoms with Crippen LogP contribution in [-0.4, -0.2) is 64.0 Å². The first-order chi connectivity index (χ1) is 9.48. The lowest BCUT2D eigenvalue weighted by Crippen LogP contribution is -2.65. The summed E-state index contributed by atoms with van der Waals surface area (Å²) in [6.45, 7) is 2.56. The Morgan fingerprint density at radius 3 is 2.95 bits per heavy atom. The van der Waals surface area contributed by atoms with Crippen molar-refractivity contribution in [3.05, 3.63) is 12.2 Å². The molecule has 9 nitrogen and oxygen atoms in total. The quantitative estimate of drug-likeness (QED) is 0.722. The van der Waals surface area contributed by atoms with Gasteiger partial charge in [-0.25, -0.2) is 9.59 Å². The Morgan fingerprint density at radius 2 is 2.35 bits per heavy atom. The predicted octanol–water partition coefficient (Wildman–Crippen LogP) is -0.503. The zero-order valence-electron chi connectivity index (χ0n) is 11.0. The summed E-state index contributed by atoms with van der Waals surface area (Å²) in [7, 11) is 0. The van der Waals surface area contributed by atoms with Crippen molar-refractivity contribution >= 4 is 12.0 Å². The number of carboxylic acid groups (broad SMARTS) is 1. The maximum atomic E-state index is 11.8. The summed E-state index contributed by atoms with van der Waals surface area (Å²) in [5, 5.41) is 14.9. The van der Waals surface area contributed by atoms with Crippen LogP contribution in [0.2, 0.25) is 0 Å². The number of aromatic nitrogens is 2. The average Bonchev–Trinajstić information content (AvgIpc) is 2.86. The molecule has 1 aliphatic heterocycles. The lowest BCUT2D eigenvalue weighted by molar-refractivity contribution is -0.159. The minimum atomic E-state index is -1.02. The molecule has 0 atom stereocenters. The Bertz CT molecular complexity index is 469. The van der Waals surface area contributed by atoms with Crippen LogP contribution in [0.5, 0.6) is 0 Å². The number of rotatable bonds is 6. The molecule has 2 N–H and O–H groups in total. The highest BCUT2D eigenvalue weighted by Crippen LogP contribution is 2.24. The van der Waals surface area contributed by atoms with Crippen LogP contribution in [0, 0.1) is 0 Å². The molecule has 0 aliphatic carbocycles. The summed E-state index contributed by atoms with van der Waals surface area (Å²) in [6, 6.07) is -0.218. The molecular weight excluding hydrogens is 268 g/mol. The fraction of sp³-hybridized carbons (Fsp3) is 0.636. The van der Waals surface area contributed by atoms with E-state index in [-0.39, 0.29) is 12.6 Å². The van der Waals surface area contributed by atoms with E-state index >= 15 is 0 Å². The molecule has 20 heavy (non-hydrogen) atoms. The van der Waals surface area contributed by atoms with E-state index in [0.717, 1.165) is 0 Å². The lowest BCUT2D eigenvalue weighted by atomic mass is 9.97. The number of nitrogens with one attached hydrogen (secondary N) is 1. The molecule has 1 aromatic heterocycles. The first-order valence-electron chi connectivity index (χ1n) is 6.12. The van der Waals surface area contributed by atoms with Gasteiger partial charge in [-0.05, 0) is 6.92 Å². The van der Waals surface area contributed by atoms with Crippen LogP contribution in [0.4, 0.5) is 4.79 Å². The van der Waals surface area contributed by atoms with Crippen LogP contribution in [0.15, 0.2) is 10.9 Å². The zero-order chi connectivity index (χ0) is 14.6. The average molecular weight is 284 g/mol. The van der Waals surface area contributed by atoms with Crippen molar-refractivity contribution < 1.29 is 24.0 Å². The number of carbonyl (C=O) groups is 2. The van der Waals surface area contributed by atoms with Gasteiger partial charge < -0.3 is 24.6 Å². The number of carboxylic acids is 1. The first kappa shape index (κ1) is 14.3. The van der Waals surface area contributed by atoms with Crippen molar-refractivity contribution in [1.29, 1.82) is 0 Å². The summed E-state index contributed by atoms with van der Waals surface area (Å²) >= 11 is 0. The second-order valence-electron chi connectivity index (χ2n) is 4.82. The maximum Gasteiger partial charge on any atom is 0.329 e. The Morgan fingerprint density at radius 1 is 1.60 bits per heavy atom. The third kappa shape index (κ3) is 3.67. The second kappa shape index (κ2) is 5.87. The Labute approximate surface area is 114 Å². The van der Waals surface area contributed by atoms with Gasteiger partial charge in [0, 0.05) is 13.0 Å². The van der Waals surface area contributed by atoms with Crippen molar-refractivity contribution in [2.45, 2.75) is 18.9 Å². The molecule has 110 valence electrons. The van der Waals surface area contributed by atoms with Crippen molar-refractivity contribution in [3.63, 3.8) is 0 Å². The number of aliphatic carboxylic acids is 1. The summed E-state index contributed by atoms with van der Waals surface area (Å²) in [4.78, 5) is 27.6. The van der Waals surface area contributed by atoms with E-state index < -0.39 is 11.6 Å². The van der Waals surface area contributed by atoms with Crippen LogP contribution < -0.4 is 5.32 Å². The van der Waals surface area contributed by atoms with Gasteiger partial charge in [0.1, 0.15) is 12.2 Å². The van der Waals surface area contributed by atoms with E-state index in [0.29, 0.717) is 31.9 Å². The lowest BCUT2D eigenvalue weighted by Gasteiger charge is -2.46. The molecule has 0 spiro atoms. The van der Waals surface area contributed by atoms with E-state index in [1.165, 1.54) is 6.39 Å². The van der Waals surface area contributed by atoms with Crippen LogP contribution in [0.25, 0.3) is 0 Å². The summed E-state index contributed by atoms with van der Waals surface area (Å²) in [5.74, 6) is -0.488. The zero-order valence-corrected chi connectivity index (χ0v) is 11.0. The smallest absolute Gasteiger partial charge is 0.329 e. The van der Waals surface area contributed by atoms with Gasteiger partial charge in [-0.2, -0.15) is 4.98 Å². The standard InChI is InChI=1S/C11H16N4O5/c1-11(19-4-9(16)17)5-15(6-11)10(18)12-3-2-8-13-7-20-14-8/h7H,2-6H2,1H3,(H,12,18)(H,16,17). The molecule has 1 fully saturated rings. The Hall–Kier alpha value is -2.16. The number of amides is 2. The maximum absolute atomic E-state index is 11.8. The van der Waals surface area contributed by atoms with E-state index in [1.54, 1.807) is 11.8 Å². The van der Waals surface area contributed by atoms with Gasteiger partial charge >= 0.3 is 12.0 Å². The highest BCUT2D eigenvalue weighted by atomic mass is 16.5. The van der Waals surface area contributed by atoms with E-state index in [1.807, 2.05) is 0 Å². The number of ether oxygens (including phenoxy) is 1. The van der Waals surface area contributed by atoms with Crippen molar-refractivity contribution in [3.8, 4) is 0 Å². The molecule has 2 amide bonds. The number of urea groups is 1. The summed E-state index contributed by atoms with van der Waals surface area (Å²) < 4.78 is 9.79. The summed E-state index contributed by atoms with van der Waals surface area (Å²) in [5.41, 5.74) is -0.580. The van der Waals surface area contributed by atoms with Crippen LogP contribution in [-0.2, 0) is 16.0 Å². The van der Waals surface area contributed by atoms with E-state index in [4.69, 9.17) is 9.84 Å². The highest BCUT2D eigenvalue weighted by molar-refractivity contribution is 5.75. The first-order valence-corrected chi connectivity index (χ1v) is 6.12. The van der Waals surface area contributed by atoms with Gasteiger partial charge in [-0.15, -0.1) is 0 Å². The SMILES string of the molecule is CC1(OCC(=O)O)CN(C(=O)NCCc2ncon2)C1. The topological polar surface area (TPSA) is 118 Å². The van der Waals surface area contributed by atoms with Gasteiger partial charge in [0.05, 0.1) is 13.1 Å². The second-order valence-corrected chi connectivity index (χ2v) is 4.82. The number of nitrogens with zero attached hydrogens (tertiary/aromatic N) is 3. The molecule has 2 rings (SSSR count). The number of likely N-dealkylation sites (tertiary alicyclic amines) is 1. The molecular formula is C11H16N4O5. The van der Waals surface area contributed by atoms with Gasteiger partial charge in [-0.1, -0.05) is 5.16 Å². The molecule has 0 bridgehead atoms. The van der Waals surface area contributed by atoms with Gasteiger partial charge in [0.2, 0.25) is 6.39 Å². The van der Waals surface area contributed by atoms with Gasteiger partial charge in [-0.3, -0.25) is 0 Å². The minimum Gasteiger partial charge on any atom is -0.480 e. The van der Waals surface area contributed by atoms with E-state index in [9.17, 15) is 9.59 Å². The van der Waals surface area contributed by atoms with Crippen molar-refractivity contribution in [2.75, 3.05) is 26.2 Å². The largest absolute Gasteiger partial charge is 0.480 e. The van der Waals surface area contributed by atoms with Crippen molar-refractivity contribution in [1.82, 2.24) is 20.4 Å². The fourth-order valence-corrected chi connectivity index (χ4v) is 1.93. The molecule has 2 heterocycles.